The van der Waals surface area contributed by atoms with Gasteiger partial charge in [-0.15, -0.1) is 22.7 Å². The number of nitrogens with one attached hydrogen (secondary N) is 2. The summed E-state index contributed by atoms with van der Waals surface area (Å²) in [5.41, 5.74) is 1.20. The van der Waals surface area contributed by atoms with Crippen molar-refractivity contribution in [3.8, 4) is 0 Å². The molecule has 2 heterocycles. The summed E-state index contributed by atoms with van der Waals surface area (Å²) in [6.07, 6.45) is 0. The SMILES string of the molecule is CC(=O)Nc1nc(C(=O)NCCN(C)C(=O)c2sccc2C)cs1. The van der Waals surface area contributed by atoms with Gasteiger partial charge in [0.15, 0.2) is 5.13 Å². The zero-order valence-corrected chi connectivity index (χ0v) is 15.2. The Kier molecular flexibility index (Phi) is 6.04. The predicted octanol–water partition coefficient (Wildman–Crippen LogP) is 1.97. The first-order valence-electron chi connectivity index (χ1n) is 7.19. The molecule has 3 amide bonds. The molecule has 2 rings (SSSR count). The van der Waals surface area contributed by atoms with E-state index in [4.69, 9.17) is 0 Å². The first kappa shape index (κ1) is 18.1. The van der Waals surface area contributed by atoms with Gasteiger partial charge in [0.2, 0.25) is 5.91 Å². The van der Waals surface area contributed by atoms with Gasteiger partial charge in [-0.2, -0.15) is 0 Å². The normalized spacial score (nSPS) is 10.3. The summed E-state index contributed by atoms with van der Waals surface area (Å²) in [6.45, 7) is 3.99. The van der Waals surface area contributed by atoms with Crippen molar-refractivity contribution >= 4 is 45.5 Å². The summed E-state index contributed by atoms with van der Waals surface area (Å²) in [7, 11) is 1.70. The van der Waals surface area contributed by atoms with Crippen LogP contribution in [0.1, 0.15) is 32.6 Å². The molecule has 0 aliphatic heterocycles. The summed E-state index contributed by atoms with van der Waals surface area (Å²) in [5, 5.41) is 9.08. The topological polar surface area (TPSA) is 91.4 Å². The van der Waals surface area contributed by atoms with Crippen LogP contribution < -0.4 is 10.6 Å². The fourth-order valence-electron chi connectivity index (χ4n) is 1.88. The van der Waals surface area contributed by atoms with Crippen LogP contribution in [0.3, 0.4) is 0 Å². The smallest absolute Gasteiger partial charge is 0.270 e. The van der Waals surface area contributed by atoms with Crippen molar-refractivity contribution in [2.75, 3.05) is 25.5 Å². The van der Waals surface area contributed by atoms with Crippen molar-refractivity contribution in [3.63, 3.8) is 0 Å². The number of aromatic nitrogens is 1. The van der Waals surface area contributed by atoms with Crippen LogP contribution in [0.4, 0.5) is 5.13 Å². The molecule has 0 unspecified atom stereocenters. The molecule has 0 radical (unpaired) electrons. The standard InChI is InChI=1S/C15H18N4O3S2/c1-9-4-7-23-12(9)14(22)19(3)6-5-16-13(21)11-8-24-15(18-11)17-10(2)20/h4,7-8H,5-6H2,1-3H3,(H,16,21)(H,17,18,20). The van der Waals surface area contributed by atoms with Crippen molar-refractivity contribution in [2.24, 2.45) is 0 Å². The number of hydrogen-bond donors (Lipinski definition) is 2. The largest absolute Gasteiger partial charge is 0.349 e. The molecule has 0 saturated heterocycles. The molecular weight excluding hydrogens is 348 g/mol. The highest BCUT2D eigenvalue weighted by molar-refractivity contribution is 7.14. The van der Waals surface area contributed by atoms with Crippen LogP contribution in [0, 0.1) is 6.92 Å². The fraction of sp³-hybridized carbons (Fsp3) is 0.333. The van der Waals surface area contributed by atoms with E-state index in [1.807, 2.05) is 18.4 Å². The summed E-state index contributed by atoms with van der Waals surface area (Å²) in [5.74, 6) is -0.630. The van der Waals surface area contributed by atoms with E-state index < -0.39 is 0 Å². The lowest BCUT2D eigenvalue weighted by atomic mass is 10.2. The van der Waals surface area contributed by atoms with Gasteiger partial charge < -0.3 is 15.5 Å². The van der Waals surface area contributed by atoms with E-state index in [0.29, 0.717) is 23.1 Å². The maximum atomic E-state index is 12.3. The van der Waals surface area contributed by atoms with Gasteiger partial charge in [0.25, 0.3) is 11.8 Å². The van der Waals surface area contributed by atoms with Gasteiger partial charge in [0, 0.05) is 32.4 Å². The lowest BCUT2D eigenvalue weighted by molar-refractivity contribution is -0.114. The summed E-state index contributed by atoms with van der Waals surface area (Å²) in [6, 6.07) is 1.91. The van der Waals surface area contributed by atoms with Crippen LogP contribution in [0.15, 0.2) is 16.8 Å². The number of thiophene rings is 1. The van der Waals surface area contributed by atoms with Gasteiger partial charge >= 0.3 is 0 Å². The number of hydrogen-bond acceptors (Lipinski definition) is 6. The van der Waals surface area contributed by atoms with Gasteiger partial charge in [-0.25, -0.2) is 4.98 Å². The zero-order valence-electron chi connectivity index (χ0n) is 13.6. The van der Waals surface area contributed by atoms with Gasteiger partial charge in [-0.1, -0.05) is 0 Å². The van der Waals surface area contributed by atoms with Crippen molar-refractivity contribution < 1.29 is 14.4 Å². The van der Waals surface area contributed by atoms with Crippen molar-refractivity contribution in [1.82, 2.24) is 15.2 Å². The second-order valence-corrected chi connectivity index (χ2v) is 6.91. The second kappa shape index (κ2) is 8.02. The quantitative estimate of drug-likeness (QED) is 0.818. The Morgan fingerprint density at radius 2 is 2.04 bits per heavy atom. The lowest BCUT2D eigenvalue weighted by Gasteiger charge is -2.17. The number of carbonyl (C=O) groups is 3. The van der Waals surface area contributed by atoms with Crippen LogP contribution >= 0.6 is 22.7 Å². The van der Waals surface area contributed by atoms with Crippen LogP contribution in [0.5, 0.6) is 0 Å². The molecule has 0 atom stereocenters. The Labute approximate surface area is 147 Å². The van der Waals surface area contributed by atoms with Crippen LogP contribution in [0.25, 0.3) is 0 Å². The molecule has 2 aromatic heterocycles. The molecule has 2 N–H and O–H groups in total. The van der Waals surface area contributed by atoms with E-state index in [1.165, 1.54) is 29.6 Å². The van der Waals surface area contributed by atoms with Crippen molar-refractivity contribution in [1.29, 1.82) is 0 Å². The summed E-state index contributed by atoms with van der Waals surface area (Å²) < 4.78 is 0. The van der Waals surface area contributed by atoms with Crippen LogP contribution in [-0.4, -0.2) is 47.7 Å². The Hall–Kier alpha value is -2.26. The summed E-state index contributed by atoms with van der Waals surface area (Å²) in [4.78, 5) is 41.5. The molecule has 0 aliphatic carbocycles. The molecule has 0 bridgehead atoms. The maximum absolute atomic E-state index is 12.3. The molecule has 128 valence electrons. The average molecular weight is 366 g/mol. The highest BCUT2D eigenvalue weighted by Crippen LogP contribution is 2.17. The Morgan fingerprint density at radius 1 is 1.29 bits per heavy atom. The Balaban J connectivity index is 1.82. The molecule has 0 aromatic carbocycles. The number of carbonyl (C=O) groups excluding carboxylic acids is 3. The molecular formula is C15H18N4O3S2. The maximum Gasteiger partial charge on any atom is 0.270 e. The molecule has 2 aromatic rings. The van der Waals surface area contributed by atoms with Gasteiger partial charge in [-0.05, 0) is 23.9 Å². The number of aryl methyl sites for hydroxylation is 1. The number of amides is 3. The first-order chi connectivity index (χ1) is 11.4. The van der Waals surface area contributed by atoms with E-state index in [-0.39, 0.29) is 23.4 Å². The zero-order chi connectivity index (χ0) is 17.7. The molecule has 0 saturated carbocycles. The first-order valence-corrected chi connectivity index (χ1v) is 8.95. The number of nitrogens with zero attached hydrogens (tertiary/aromatic N) is 2. The fourth-order valence-corrected chi connectivity index (χ4v) is 3.54. The summed E-state index contributed by atoms with van der Waals surface area (Å²) >= 11 is 2.59. The van der Waals surface area contributed by atoms with Crippen LogP contribution in [-0.2, 0) is 4.79 Å². The van der Waals surface area contributed by atoms with Crippen LogP contribution in [0.2, 0.25) is 0 Å². The average Bonchev–Trinajstić information content (AvgIpc) is 3.14. The van der Waals surface area contributed by atoms with E-state index in [2.05, 4.69) is 15.6 Å². The molecule has 7 nitrogen and oxygen atoms in total. The van der Waals surface area contributed by atoms with E-state index in [1.54, 1.807) is 17.3 Å². The number of anilines is 1. The van der Waals surface area contributed by atoms with Gasteiger partial charge in [0.05, 0.1) is 4.88 Å². The Bertz CT molecular complexity index is 753. The van der Waals surface area contributed by atoms with E-state index >= 15 is 0 Å². The van der Waals surface area contributed by atoms with Gasteiger partial charge in [-0.3, -0.25) is 14.4 Å². The molecule has 0 aliphatic rings. The molecule has 0 spiro atoms. The third kappa shape index (κ3) is 4.62. The number of likely N-dealkylation sites (N-methyl/N-ethyl adjacent to an activating group) is 1. The highest BCUT2D eigenvalue weighted by atomic mass is 32.1. The minimum Gasteiger partial charge on any atom is -0.349 e. The molecule has 24 heavy (non-hydrogen) atoms. The third-order valence-corrected chi connectivity index (χ3v) is 4.92. The minimum absolute atomic E-state index is 0.0571. The van der Waals surface area contributed by atoms with E-state index in [0.717, 1.165) is 5.56 Å². The molecule has 0 fully saturated rings. The molecule has 9 heteroatoms. The second-order valence-electron chi connectivity index (χ2n) is 5.13. The monoisotopic (exact) mass is 366 g/mol. The highest BCUT2D eigenvalue weighted by Gasteiger charge is 2.16. The Morgan fingerprint density at radius 3 is 2.67 bits per heavy atom. The van der Waals surface area contributed by atoms with Crippen molar-refractivity contribution in [2.45, 2.75) is 13.8 Å². The predicted molar refractivity (Wildman–Crippen MR) is 94.8 cm³/mol. The van der Waals surface area contributed by atoms with E-state index in [9.17, 15) is 14.4 Å². The minimum atomic E-state index is -0.337. The van der Waals surface area contributed by atoms with Gasteiger partial charge in [0.1, 0.15) is 5.69 Å². The number of thiazole rings is 1. The lowest BCUT2D eigenvalue weighted by Crippen LogP contribution is -2.36. The number of rotatable bonds is 6. The third-order valence-electron chi connectivity index (χ3n) is 3.16. The van der Waals surface area contributed by atoms with Crippen molar-refractivity contribution in [3.05, 3.63) is 33.0 Å².